The van der Waals surface area contributed by atoms with Crippen LogP contribution < -0.4 is 5.32 Å². The lowest BCUT2D eigenvalue weighted by molar-refractivity contribution is -0.384. The maximum atomic E-state index is 14.2. The normalized spacial score (nSPS) is 22.0. The summed E-state index contributed by atoms with van der Waals surface area (Å²) >= 11 is 0. The Labute approximate surface area is 287 Å². The predicted molar refractivity (Wildman–Crippen MR) is 186 cm³/mol. The van der Waals surface area contributed by atoms with Gasteiger partial charge in [0.25, 0.3) is 5.69 Å². The fourth-order valence-corrected chi connectivity index (χ4v) is 7.31. The number of piperidine rings is 2. The number of nitrogens with zero attached hydrogens (tertiary/aromatic N) is 3. The van der Waals surface area contributed by atoms with E-state index in [2.05, 4.69) is 39.4 Å². The zero-order valence-electron chi connectivity index (χ0n) is 28.2. The van der Waals surface area contributed by atoms with Crippen LogP contribution in [0.5, 0.6) is 0 Å². The van der Waals surface area contributed by atoms with Gasteiger partial charge < -0.3 is 14.8 Å². The molecule has 6 rings (SSSR count). The zero-order valence-corrected chi connectivity index (χ0v) is 28.2. The molecule has 3 heterocycles. The van der Waals surface area contributed by atoms with Gasteiger partial charge in [-0.1, -0.05) is 72.8 Å². The van der Waals surface area contributed by atoms with Gasteiger partial charge in [-0.3, -0.25) is 19.9 Å². The van der Waals surface area contributed by atoms with Gasteiger partial charge in [-0.15, -0.1) is 0 Å². The second-order valence-corrected chi connectivity index (χ2v) is 13.3. The first-order valence-corrected chi connectivity index (χ1v) is 17.1. The number of carbonyl (C=O) groups excluding carboxylic acids is 2. The Morgan fingerprint density at radius 3 is 1.71 bits per heavy atom. The van der Waals surface area contributed by atoms with Crippen molar-refractivity contribution in [1.29, 1.82) is 0 Å². The van der Waals surface area contributed by atoms with Crippen LogP contribution in [0.1, 0.15) is 62.1 Å². The Morgan fingerprint density at radius 1 is 0.755 bits per heavy atom. The number of esters is 2. The number of likely N-dealkylation sites (tertiary alicyclic amines) is 2. The summed E-state index contributed by atoms with van der Waals surface area (Å²) in [6, 6.07) is 26.5. The van der Waals surface area contributed by atoms with Gasteiger partial charge in [-0.05, 0) is 69.3 Å². The number of nitro benzene ring substituents is 1. The van der Waals surface area contributed by atoms with Crippen molar-refractivity contribution in [2.45, 2.75) is 70.7 Å². The molecule has 3 aromatic carbocycles. The number of allylic oxidation sites excluding steroid dienone is 2. The van der Waals surface area contributed by atoms with E-state index in [9.17, 15) is 19.7 Å². The number of hydrogen-bond acceptors (Lipinski definition) is 9. The van der Waals surface area contributed by atoms with Crippen molar-refractivity contribution in [2.24, 2.45) is 0 Å². The molecule has 2 saturated heterocycles. The van der Waals surface area contributed by atoms with Gasteiger partial charge in [0.15, 0.2) is 0 Å². The molecule has 0 saturated carbocycles. The third-order valence-corrected chi connectivity index (χ3v) is 9.58. The van der Waals surface area contributed by atoms with Crippen LogP contribution in [-0.4, -0.2) is 65.0 Å². The third-order valence-electron chi connectivity index (χ3n) is 9.58. The van der Waals surface area contributed by atoms with Crippen LogP contribution in [-0.2, 0) is 32.2 Å². The molecule has 0 aliphatic carbocycles. The van der Waals surface area contributed by atoms with E-state index in [0.29, 0.717) is 30.0 Å². The Bertz CT molecular complexity index is 1630. The number of hydrogen-bond donors (Lipinski definition) is 1. The van der Waals surface area contributed by atoms with Crippen molar-refractivity contribution in [3.05, 3.63) is 134 Å². The molecular weight excluding hydrogens is 620 g/mol. The summed E-state index contributed by atoms with van der Waals surface area (Å²) in [7, 11) is 0. The van der Waals surface area contributed by atoms with Crippen LogP contribution >= 0.6 is 0 Å². The van der Waals surface area contributed by atoms with Crippen LogP contribution in [0.2, 0.25) is 0 Å². The Kier molecular flexibility index (Phi) is 10.9. The van der Waals surface area contributed by atoms with Gasteiger partial charge in [0, 0.05) is 49.7 Å². The molecule has 3 aliphatic heterocycles. The third kappa shape index (κ3) is 8.44. The monoisotopic (exact) mass is 664 g/mol. The highest BCUT2D eigenvalue weighted by atomic mass is 16.6. The average molecular weight is 665 g/mol. The summed E-state index contributed by atoms with van der Waals surface area (Å²) < 4.78 is 12.4. The first kappa shape index (κ1) is 34.1. The van der Waals surface area contributed by atoms with E-state index in [1.165, 1.54) is 23.3 Å². The van der Waals surface area contributed by atoms with E-state index in [-0.39, 0.29) is 29.0 Å². The Morgan fingerprint density at radius 2 is 1.24 bits per heavy atom. The Hall–Kier alpha value is -4.80. The van der Waals surface area contributed by atoms with Crippen molar-refractivity contribution >= 4 is 17.6 Å². The molecule has 2 fully saturated rings. The van der Waals surface area contributed by atoms with Gasteiger partial charge in [0.05, 0.1) is 22.0 Å². The lowest BCUT2D eigenvalue weighted by atomic mass is 9.80. The van der Waals surface area contributed by atoms with E-state index < -0.39 is 22.8 Å². The standard InChI is InChI=1S/C39H44N4O6/c1-27-35(38(44)48-33-18-10-20-41(25-33)23-29-12-5-3-6-13-29)37(31-16-9-17-32(22-31)43(46)47)36(28(2)40-27)39(45)49-34-19-11-21-42(26-34)24-30-14-7-4-8-15-30/h3-9,12-17,22,33-34,37,40H,10-11,18-21,23-26H2,1-2H3. The number of nitrogens with one attached hydrogen (secondary N) is 1. The second kappa shape index (κ2) is 15.6. The number of dihydropyridines is 1. The molecule has 0 radical (unpaired) electrons. The molecule has 2 unspecified atom stereocenters. The van der Waals surface area contributed by atoms with Gasteiger partial charge in [-0.2, -0.15) is 0 Å². The minimum Gasteiger partial charge on any atom is -0.458 e. The molecule has 1 N–H and O–H groups in total. The van der Waals surface area contributed by atoms with Crippen molar-refractivity contribution in [1.82, 2.24) is 15.1 Å². The lowest BCUT2D eigenvalue weighted by Crippen LogP contribution is -2.42. The van der Waals surface area contributed by atoms with E-state index >= 15 is 0 Å². The van der Waals surface area contributed by atoms with Crippen molar-refractivity contribution in [3.8, 4) is 0 Å². The molecule has 0 amide bonds. The first-order chi connectivity index (χ1) is 23.7. The van der Waals surface area contributed by atoms with E-state index in [1.807, 2.05) is 36.4 Å². The topological polar surface area (TPSA) is 114 Å². The molecule has 0 spiro atoms. The minimum absolute atomic E-state index is 0.126. The van der Waals surface area contributed by atoms with Gasteiger partial charge in [0.1, 0.15) is 12.2 Å². The maximum absolute atomic E-state index is 14.2. The summed E-state index contributed by atoms with van der Waals surface area (Å²) in [6.45, 7) is 8.07. The van der Waals surface area contributed by atoms with Crippen LogP contribution in [0.15, 0.2) is 107 Å². The highest BCUT2D eigenvalue weighted by Gasteiger charge is 2.40. The fraction of sp³-hybridized carbons (Fsp3) is 0.385. The van der Waals surface area contributed by atoms with Gasteiger partial charge >= 0.3 is 11.9 Å². The van der Waals surface area contributed by atoms with Crippen molar-refractivity contribution in [2.75, 3.05) is 26.2 Å². The molecule has 3 aromatic rings. The average Bonchev–Trinajstić information content (AvgIpc) is 3.09. The summed E-state index contributed by atoms with van der Waals surface area (Å²) in [6.07, 6.45) is 2.54. The number of non-ortho nitro benzene ring substituents is 1. The molecule has 49 heavy (non-hydrogen) atoms. The molecule has 2 atom stereocenters. The van der Waals surface area contributed by atoms with Crippen LogP contribution in [0.3, 0.4) is 0 Å². The molecular formula is C39H44N4O6. The summed E-state index contributed by atoms with van der Waals surface area (Å²) in [5, 5.41) is 15.1. The molecule has 3 aliphatic rings. The van der Waals surface area contributed by atoms with E-state index in [0.717, 1.165) is 51.9 Å². The molecule has 256 valence electrons. The van der Waals surface area contributed by atoms with E-state index in [4.69, 9.17) is 9.47 Å². The maximum Gasteiger partial charge on any atom is 0.337 e. The summed E-state index contributed by atoms with van der Waals surface area (Å²) in [5.74, 6) is -2.00. The molecule has 10 heteroatoms. The van der Waals surface area contributed by atoms with Crippen LogP contribution in [0.4, 0.5) is 5.69 Å². The number of benzene rings is 3. The van der Waals surface area contributed by atoms with Crippen LogP contribution in [0.25, 0.3) is 0 Å². The quantitative estimate of drug-likeness (QED) is 0.153. The molecule has 0 bridgehead atoms. The second-order valence-electron chi connectivity index (χ2n) is 13.3. The Balaban J connectivity index is 1.23. The fourth-order valence-electron chi connectivity index (χ4n) is 7.31. The smallest absolute Gasteiger partial charge is 0.337 e. The molecule has 10 nitrogen and oxygen atoms in total. The number of carbonyl (C=O) groups is 2. The van der Waals surface area contributed by atoms with Crippen molar-refractivity contribution in [3.63, 3.8) is 0 Å². The SMILES string of the molecule is CC1=C(C(=O)OC2CCCN(Cc3ccccc3)C2)C(c2cccc([N+](=O)[O-])c2)C(C(=O)OC2CCCN(Cc3ccccc3)C2)=C(C)N1. The van der Waals surface area contributed by atoms with Crippen molar-refractivity contribution < 1.29 is 24.0 Å². The lowest BCUT2D eigenvalue weighted by Gasteiger charge is -2.36. The zero-order chi connectivity index (χ0) is 34.3. The molecule has 0 aromatic heterocycles. The van der Waals surface area contributed by atoms with E-state index in [1.54, 1.807) is 26.0 Å². The summed E-state index contributed by atoms with van der Waals surface area (Å²) in [4.78, 5) is 44.3. The van der Waals surface area contributed by atoms with Gasteiger partial charge in [-0.25, -0.2) is 9.59 Å². The first-order valence-electron chi connectivity index (χ1n) is 17.1. The highest BCUT2D eigenvalue weighted by Crippen LogP contribution is 2.41. The minimum atomic E-state index is -0.908. The van der Waals surface area contributed by atoms with Gasteiger partial charge in [0.2, 0.25) is 0 Å². The van der Waals surface area contributed by atoms with Crippen LogP contribution in [0, 0.1) is 10.1 Å². The number of nitro groups is 1. The predicted octanol–water partition coefficient (Wildman–Crippen LogP) is 6.25. The number of rotatable bonds is 10. The summed E-state index contributed by atoms with van der Waals surface area (Å²) in [5.41, 5.74) is 4.32. The largest absolute Gasteiger partial charge is 0.458 e. The number of ether oxygens (including phenoxy) is 2. The highest BCUT2D eigenvalue weighted by molar-refractivity contribution is 6.00.